The molecule has 0 aliphatic rings. The number of guanidine groups is 1. The molecule has 27 heavy (non-hydrogen) atoms. The zero-order valence-corrected chi connectivity index (χ0v) is 19.2. The molecule has 0 fully saturated rings. The van der Waals surface area contributed by atoms with E-state index < -0.39 is 12.6 Å². The molecule has 1 rings (SSSR count). The number of hydrogen-bond acceptors (Lipinski definition) is 2. The molecule has 0 spiro atoms. The van der Waals surface area contributed by atoms with E-state index in [0.29, 0.717) is 13.1 Å². The fourth-order valence-electron chi connectivity index (χ4n) is 2.09. The lowest BCUT2D eigenvalue weighted by atomic mass is 10.2. The van der Waals surface area contributed by atoms with E-state index in [4.69, 9.17) is 0 Å². The molecule has 0 saturated heterocycles. The third-order valence-electron chi connectivity index (χ3n) is 3.43. The van der Waals surface area contributed by atoms with Gasteiger partial charge in [0.25, 0.3) is 0 Å². The zero-order chi connectivity index (χ0) is 19.6. The fourth-order valence-corrected chi connectivity index (χ4v) is 2.50. The molecule has 0 bridgehead atoms. The Morgan fingerprint density at radius 2 is 1.93 bits per heavy atom. The van der Waals surface area contributed by atoms with Gasteiger partial charge in [-0.25, -0.2) is 0 Å². The van der Waals surface area contributed by atoms with Gasteiger partial charge in [-0.2, -0.15) is 13.2 Å². The van der Waals surface area contributed by atoms with Gasteiger partial charge in [-0.05, 0) is 18.6 Å². The highest BCUT2D eigenvalue weighted by molar-refractivity contribution is 14.0. The van der Waals surface area contributed by atoms with E-state index in [1.165, 1.54) is 0 Å². The second-order valence-electron chi connectivity index (χ2n) is 5.64. The van der Waals surface area contributed by atoms with E-state index in [1.807, 2.05) is 31.2 Å². The van der Waals surface area contributed by atoms with Crippen LogP contribution >= 0.6 is 39.9 Å². The van der Waals surface area contributed by atoms with Crippen molar-refractivity contribution in [1.29, 1.82) is 0 Å². The number of halogens is 5. The SMILES string of the molecule is CCNC(=NCCC(F)(F)F)NCCC(=O)N(C)Cc1ccccc1Br.I. The maximum Gasteiger partial charge on any atom is 0.390 e. The van der Waals surface area contributed by atoms with Gasteiger partial charge in [0.1, 0.15) is 0 Å². The van der Waals surface area contributed by atoms with E-state index in [0.717, 1.165) is 10.0 Å². The largest absolute Gasteiger partial charge is 0.390 e. The van der Waals surface area contributed by atoms with Crippen molar-refractivity contribution in [2.75, 3.05) is 26.7 Å². The summed E-state index contributed by atoms with van der Waals surface area (Å²) >= 11 is 3.45. The second-order valence-corrected chi connectivity index (χ2v) is 6.50. The summed E-state index contributed by atoms with van der Waals surface area (Å²) in [5, 5.41) is 5.74. The number of nitrogens with one attached hydrogen (secondary N) is 2. The summed E-state index contributed by atoms with van der Waals surface area (Å²) in [5.74, 6) is 0.206. The van der Waals surface area contributed by atoms with E-state index >= 15 is 0 Å². The highest BCUT2D eigenvalue weighted by Gasteiger charge is 2.26. The number of benzene rings is 1. The van der Waals surface area contributed by atoms with Gasteiger partial charge in [-0.15, -0.1) is 24.0 Å². The minimum atomic E-state index is -4.23. The number of carbonyl (C=O) groups is 1. The van der Waals surface area contributed by atoms with Crippen molar-refractivity contribution < 1.29 is 18.0 Å². The average molecular weight is 565 g/mol. The van der Waals surface area contributed by atoms with Crippen LogP contribution in [0.15, 0.2) is 33.7 Å². The molecule has 0 aliphatic heterocycles. The van der Waals surface area contributed by atoms with Gasteiger partial charge in [0, 0.05) is 37.6 Å². The van der Waals surface area contributed by atoms with E-state index in [1.54, 1.807) is 11.9 Å². The molecule has 5 nitrogen and oxygen atoms in total. The summed E-state index contributed by atoms with van der Waals surface area (Å²) < 4.78 is 37.5. The Morgan fingerprint density at radius 1 is 1.26 bits per heavy atom. The average Bonchev–Trinajstić information content (AvgIpc) is 2.55. The summed E-state index contributed by atoms with van der Waals surface area (Å²) in [4.78, 5) is 17.7. The quantitative estimate of drug-likeness (QED) is 0.286. The molecule has 0 aromatic heterocycles. The van der Waals surface area contributed by atoms with Crippen LogP contribution in [0, 0.1) is 0 Å². The highest BCUT2D eigenvalue weighted by Crippen LogP contribution is 2.19. The van der Waals surface area contributed by atoms with Gasteiger partial charge >= 0.3 is 6.18 Å². The first-order chi connectivity index (χ1) is 12.2. The lowest BCUT2D eigenvalue weighted by Gasteiger charge is -2.19. The topological polar surface area (TPSA) is 56.7 Å². The lowest BCUT2D eigenvalue weighted by molar-refractivity contribution is -0.132. The van der Waals surface area contributed by atoms with Gasteiger partial charge in [-0.1, -0.05) is 34.1 Å². The molecular formula is C17H25BrF3IN4O. The van der Waals surface area contributed by atoms with Crippen LogP contribution in [0.5, 0.6) is 0 Å². The van der Waals surface area contributed by atoms with Crippen LogP contribution in [0.1, 0.15) is 25.3 Å². The number of alkyl halides is 3. The van der Waals surface area contributed by atoms with E-state index in [2.05, 4.69) is 31.6 Å². The number of carbonyl (C=O) groups excluding carboxylic acids is 1. The Kier molecular flexibility index (Phi) is 12.7. The summed E-state index contributed by atoms with van der Waals surface area (Å²) in [5.41, 5.74) is 0.998. The molecule has 154 valence electrons. The van der Waals surface area contributed by atoms with Crippen LogP contribution in [0.25, 0.3) is 0 Å². The molecule has 0 saturated carbocycles. The smallest absolute Gasteiger partial charge is 0.357 e. The van der Waals surface area contributed by atoms with Gasteiger partial charge in [-0.3, -0.25) is 9.79 Å². The molecule has 0 atom stereocenters. The monoisotopic (exact) mass is 564 g/mol. The molecule has 0 aliphatic carbocycles. The first-order valence-corrected chi connectivity index (χ1v) is 9.08. The van der Waals surface area contributed by atoms with Crippen molar-refractivity contribution in [3.8, 4) is 0 Å². The molecule has 10 heteroatoms. The van der Waals surface area contributed by atoms with Crippen molar-refractivity contribution in [2.45, 2.75) is 32.5 Å². The molecule has 0 heterocycles. The molecule has 1 aromatic carbocycles. The Labute approximate surface area is 183 Å². The third kappa shape index (κ3) is 11.4. The lowest BCUT2D eigenvalue weighted by Crippen LogP contribution is -2.39. The van der Waals surface area contributed by atoms with Crippen LogP contribution in [-0.2, 0) is 11.3 Å². The first-order valence-electron chi connectivity index (χ1n) is 8.29. The predicted molar refractivity (Wildman–Crippen MR) is 115 cm³/mol. The summed E-state index contributed by atoms with van der Waals surface area (Å²) in [6.45, 7) is 2.75. The van der Waals surface area contributed by atoms with E-state index in [9.17, 15) is 18.0 Å². The first kappa shape index (κ1) is 26.0. The van der Waals surface area contributed by atoms with Crippen LogP contribution < -0.4 is 10.6 Å². The van der Waals surface area contributed by atoms with Crippen LogP contribution in [0.2, 0.25) is 0 Å². The predicted octanol–water partition coefficient (Wildman–Crippen LogP) is 3.92. The van der Waals surface area contributed by atoms with Gasteiger partial charge in [0.05, 0.1) is 13.0 Å². The summed E-state index contributed by atoms with van der Waals surface area (Å²) in [7, 11) is 1.71. The maximum atomic E-state index is 12.2. The molecule has 1 aromatic rings. The molecule has 0 unspecified atom stereocenters. The van der Waals surface area contributed by atoms with Crippen molar-refractivity contribution in [3.63, 3.8) is 0 Å². The van der Waals surface area contributed by atoms with E-state index in [-0.39, 0.29) is 55.4 Å². The standard InChI is InChI=1S/C17H24BrF3N4O.HI/c1-3-22-16(24-11-9-17(19,20)21)23-10-8-15(26)25(2)12-13-6-4-5-7-14(13)18;/h4-7H,3,8-12H2,1-2H3,(H2,22,23,24);1H. The second kappa shape index (κ2) is 13.2. The van der Waals surface area contributed by atoms with Gasteiger partial charge in [0.2, 0.25) is 5.91 Å². The van der Waals surface area contributed by atoms with Crippen molar-refractivity contribution in [2.24, 2.45) is 4.99 Å². The number of rotatable bonds is 8. The number of nitrogens with zero attached hydrogens (tertiary/aromatic N) is 2. The van der Waals surface area contributed by atoms with Gasteiger partial charge in [0.15, 0.2) is 5.96 Å². The third-order valence-corrected chi connectivity index (χ3v) is 4.21. The zero-order valence-electron chi connectivity index (χ0n) is 15.3. The highest BCUT2D eigenvalue weighted by atomic mass is 127. The number of aliphatic imine (C=N–C) groups is 1. The number of amides is 1. The summed E-state index contributed by atoms with van der Waals surface area (Å²) in [6, 6.07) is 7.65. The maximum absolute atomic E-state index is 12.2. The van der Waals surface area contributed by atoms with Crippen molar-refractivity contribution in [3.05, 3.63) is 34.3 Å². The number of hydrogen-bond donors (Lipinski definition) is 2. The molecular weight excluding hydrogens is 540 g/mol. The van der Waals surface area contributed by atoms with Crippen molar-refractivity contribution >= 4 is 51.8 Å². The van der Waals surface area contributed by atoms with Crippen LogP contribution in [0.3, 0.4) is 0 Å². The fraction of sp³-hybridized carbons (Fsp3) is 0.529. The normalized spacial score (nSPS) is 11.6. The molecule has 2 N–H and O–H groups in total. The summed E-state index contributed by atoms with van der Waals surface area (Å²) in [6.07, 6.45) is -4.99. The van der Waals surface area contributed by atoms with Crippen LogP contribution in [0.4, 0.5) is 13.2 Å². The Balaban J connectivity index is 0.00000676. The minimum absolute atomic E-state index is 0. The Morgan fingerprint density at radius 3 is 2.52 bits per heavy atom. The van der Waals surface area contributed by atoms with Crippen LogP contribution in [-0.4, -0.2) is 49.6 Å². The molecule has 0 radical (unpaired) electrons. The van der Waals surface area contributed by atoms with Crippen molar-refractivity contribution in [1.82, 2.24) is 15.5 Å². The molecule has 1 amide bonds. The Bertz CT molecular complexity index is 614. The van der Waals surface area contributed by atoms with Gasteiger partial charge < -0.3 is 15.5 Å². The minimum Gasteiger partial charge on any atom is -0.357 e. The Hall–Kier alpha value is -1.04.